The number of amides is 1. The first-order valence-corrected chi connectivity index (χ1v) is 5.98. The summed E-state index contributed by atoms with van der Waals surface area (Å²) in [6, 6.07) is 7.18. The number of carbonyl (C=O) groups is 1. The number of hydrogen-bond donors (Lipinski definition) is 2. The molecule has 2 N–H and O–H groups in total. The van der Waals surface area contributed by atoms with Crippen LogP contribution >= 0.6 is 0 Å². The molecule has 0 bridgehead atoms. The van der Waals surface area contributed by atoms with Gasteiger partial charge in [0.15, 0.2) is 0 Å². The van der Waals surface area contributed by atoms with Crippen LogP contribution in [0, 0.1) is 0 Å². The van der Waals surface area contributed by atoms with Gasteiger partial charge < -0.3 is 15.2 Å². The fraction of sp³-hybridized carbons (Fsp3) is 0.500. The highest BCUT2D eigenvalue weighted by Gasteiger charge is 2.30. The molecular weight excluding hydrogens is 230 g/mol. The second kappa shape index (κ2) is 5.87. The van der Waals surface area contributed by atoms with Crippen LogP contribution in [0.2, 0.25) is 0 Å². The Balaban J connectivity index is 2.86. The number of aliphatic hydroxyl groups is 1. The van der Waals surface area contributed by atoms with E-state index in [0.29, 0.717) is 0 Å². The Morgan fingerprint density at radius 3 is 2.39 bits per heavy atom. The number of aliphatic hydroxyl groups excluding tert-OH is 1. The quantitative estimate of drug-likeness (QED) is 0.833. The van der Waals surface area contributed by atoms with Crippen LogP contribution < -0.4 is 10.1 Å². The lowest BCUT2D eigenvalue weighted by atomic mass is 9.83. The topological polar surface area (TPSA) is 58.6 Å². The number of methoxy groups -OCH3 is 1. The molecule has 1 atom stereocenters. The molecule has 1 aromatic rings. The van der Waals surface area contributed by atoms with Gasteiger partial charge in [-0.3, -0.25) is 4.79 Å². The van der Waals surface area contributed by atoms with Crippen LogP contribution in [0.4, 0.5) is 0 Å². The molecule has 0 saturated heterocycles. The predicted molar refractivity (Wildman–Crippen MR) is 70.7 cm³/mol. The molecule has 100 valence electrons. The Hall–Kier alpha value is -1.55. The molecule has 0 aliphatic carbocycles. The van der Waals surface area contributed by atoms with E-state index < -0.39 is 5.41 Å². The van der Waals surface area contributed by atoms with Gasteiger partial charge in [0, 0.05) is 6.04 Å². The van der Waals surface area contributed by atoms with Gasteiger partial charge >= 0.3 is 0 Å². The molecule has 0 aliphatic rings. The highest BCUT2D eigenvalue weighted by molar-refractivity contribution is 5.87. The van der Waals surface area contributed by atoms with E-state index >= 15 is 0 Å². The molecule has 4 nitrogen and oxygen atoms in total. The van der Waals surface area contributed by atoms with Crippen LogP contribution in [0.1, 0.15) is 26.3 Å². The van der Waals surface area contributed by atoms with E-state index in [2.05, 4.69) is 5.32 Å². The molecular formula is C14H21NO3. The Bertz CT molecular complexity index is 398. The van der Waals surface area contributed by atoms with E-state index in [9.17, 15) is 4.79 Å². The summed E-state index contributed by atoms with van der Waals surface area (Å²) in [4.78, 5) is 12.1. The Morgan fingerprint density at radius 1 is 1.39 bits per heavy atom. The van der Waals surface area contributed by atoms with Crippen LogP contribution in [0.5, 0.6) is 5.75 Å². The van der Waals surface area contributed by atoms with Crippen LogP contribution in [-0.2, 0) is 10.2 Å². The predicted octanol–water partition coefficient (Wildman–Crippen LogP) is 1.47. The van der Waals surface area contributed by atoms with E-state index in [4.69, 9.17) is 9.84 Å². The number of nitrogens with one attached hydrogen (secondary N) is 1. The molecule has 18 heavy (non-hydrogen) atoms. The molecule has 1 unspecified atom stereocenters. The summed E-state index contributed by atoms with van der Waals surface area (Å²) in [6.07, 6.45) is 0. The van der Waals surface area contributed by atoms with Crippen molar-refractivity contribution < 1.29 is 14.6 Å². The molecule has 4 heteroatoms. The third-order valence-corrected chi connectivity index (χ3v) is 3.03. The summed E-state index contributed by atoms with van der Waals surface area (Å²) in [5, 5.41) is 11.7. The summed E-state index contributed by atoms with van der Waals surface area (Å²) in [7, 11) is 1.61. The molecule has 0 spiro atoms. The summed E-state index contributed by atoms with van der Waals surface area (Å²) in [6.45, 7) is 5.41. The number of carbonyl (C=O) groups excluding carboxylic acids is 1. The summed E-state index contributed by atoms with van der Waals surface area (Å²) < 4.78 is 5.09. The molecule has 1 amide bonds. The largest absolute Gasteiger partial charge is 0.497 e. The molecule has 0 fully saturated rings. The van der Waals surface area contributed by atoms with Crippen molar-refractivity contribution in [1.29, 1.82) is 0 Å². The lowest BCUT2D eigenvalue weighted by Crippen LogP contribution is -2.45. The van der Waals surface area contributed by atoms with E-state index in [1.54, 1.807) is 14.0 Å². The third kappa shape index (κ3) is 3.23. The second-order valence-corrected chi connectivity index (χ2v) is 4.91. The van der Waals surface area contributed by atoms with Gasteiger partial charge in [0.1, 0.15) is 5.75 Å². The van der Waals surface area contributed by atoms with Gasteiger partial charge in [0.2, 0.25) is 5.91 Å². The maximum absolute atomic E-state index is 12.1. The molecule has 0 aromatic heterocycles. The van der Waals surface area contributed by atoms with Crippen molar-refractivity contribution in [3.05, 3.63) is 29.8 Å². The minimum absolute atomic E-state index is 0.0650. The average Bonchev–Trinajstić information content (AvgIpc) is 2.38. The smallest absolute Gasteiger partial charge is 0.230 e. The summed E-state index contributed by atoms with van der Waals surface area (Å²) in [5.74, 6) is 0.660. The summed E-state index contributed by atoms with van der Waals surface area (Å²) >= 11 is 0. The fourth-order valence-corrected chi connectivity index (χ4v) is 1.59. The normalized spacial score (nSPS) is 12.9. The van der Waals surface area contributed by atoms with Gasteiger partial charge in [-0.05, 0) is 38.5 Å². The van der Waals surface area contributed by atoms with E-state index in [0.717, 1.165) is 11.3 Å². The maximum atomic E-state index is 12.1. The second-order valence-electron chi connectivity index (χ2n) is 4.91. The van der Waals surface area contributed by atoms with Crippen molar-refractivity contribution in [2.24, 2.45) is 0 Å². The monoisotopic (exact) mass is 251 g/mol. The van der Waals surface area contributed by atoms with E-state index in [-0.39, 0.29) is 18.6 Å². The van der Waals surface area contributed by atoms with Crippen LogP contribution in [-0.4, -0.2) is 30.8 Å². The zero-order chi connectivity index (χ0) is 13.8. The number of benzene rings is 1. The average molecular weight is 251 g/mol. The van der Waals surface area contributed by atoms with Crippen molar-refractivity contribution in [1.82, 2.24) is 5.32 Å². The molecule has 0 saturated carbocycles. The maximum Gasteiger partial charge on any atom is 0.230 e. The first kappa shape index (κ1) is 14.5. The van der Waals surface area contributed by atoms with Gasteiger partial charge in [0.05, 0.1) is 19.1 Å². The number of ether oxygens (including phenoxy) is 1. The van der Waals surface area contributed by atoms with Crippen LogP contribution in [0.15, 0.2) is 24.3 Å². The lowest BCUT2D eigenvalue weighted by Gasteiger charge is -2.26. The first-order valence-electron chi connectivity index (χ1n) is 5.98. The van der Waals surface area contributed by atoms with Crippen molar-refractivity contribution in [3.63, 3.8) is 0 Å². The van der Waals surface area contributed by atoms with Crippen molar-refractivity contribution >= 4 is 5.91 Å². The molecule has 0 radical (unpaired) electrons. The van der Waals surface area contributed by atoms with Crippen LogP contribution in [0.25, 0.3) is 0 Å². The minimum Gasteiger partial charge on any atom is -0.497 e. The Morgan fingerprint density at radius 2 is 1.94 bits per heavy atom. The van der Waals surface area contributed by atoms with Gasteiger partial charge in [-0.1, -0.05) is 12.1 Å². The SMILES string of the molecule is COc1ccc(C(C)(C)C(=O)NC(C)CO)cc1. The minimum atomic E-state index is -0.643. The molecule has 0 heterocycles. The fourth-order valence-electron chi connectivity index (χ4n) is 1.59. The molecule has 1 aromatic carbocycles. The highest BCUT2D eigenvalue weighted by Crippen LogP contribution is 2.25. The Labute approximate surface area is 108 Å². The zero-order valence-corrected chi connectivity index (χ0v) is 11.4. The standard InChI is InChI=1S/C14H21NO3/c1-10(9-16)15-13(17)14(2,3)11-5-7-12(18-4)8-6-11/h5-8,10,16H,9H2,1-4H3,(H,15,17). The van der Waals surface area contributed by atoms with Gasteiger partial charge in [-0.25, -0.2) is 0 Å². The highest BCUT2D eigenvalue weighted by atomic mass is 16.5. The Kier molecular flexibility index (Phi) is 4.73. The van der Waals surface area contributed by atoms with E-state index in [1.807, 2.05) is 38.1 Å². The van der Waals surface area contributed by atoms with Crippen molar-refractivity contribution in [2.75, 3.05) is 13.7 Å². The number of hydrogen-bond acceptors (Lipinski definition) is 3. The van der Waals surface area contributed by atoms with Crippen LogP contribution in [0.3, 0.4) is 0 Å². The third-order valence-electron chi connectivity index (χ3n) is 3.03. The van der Waals surface area contributed by atoms with E-state index in [1.165, 1.54) is 0 Å². The van der Waals surface area contributed by atoms with Crippen molar-refractivity contribution in [2.45, 2.75) is 32.2 Å². The first-order chi connectivity index (χ1) is 8.41. The van der Waals surface area contributed by atoms with Gasteiger partial charge in [0.25, 0.3) is 0 Å². The van der Waals surface area contributed by atoms with Gasteiger partial charge in [-0.2, -0.15) is 0 Å². The number of rotatable bonds is 5. The lowest BCUT2D eigenvalue weighted by molar-refractivity contribution is -0.126. The van der Waals surface area contributed by atoms with Crippen molar-refractivity contribution in [3.8, 4) is 5.75 Å². The van der Waals surface area contributed by atoms with Gasteiger partial charge in [-0.15, -0.1) is 0 Å². The molecule has 1 rings (SSSR count). The molecule has 0 aliphatic heterocycles. The summed E-state index contributed by atoms with van der Waals surface area (Å²) in [5.41, 5.74) is 0.265. The zero-order valence-electron chi connectivity index (χ0n) is 11.4.